The van der Waals surface area contributed by atoms with E-state index in [0.717, 1.165) is 10.6 Å². The minimum Gasteiger partial charge on any atom is -0.478 e. The van der Waals surface area contributed by atoms with Gasteiger partial charge in [0, 0.05) is 16.1 Å². The number of rotatable bonds is 3. The summed E-state index contributed by atoms with van der Waals surface area (Å²) < 4.78 is 0. The number of nitrogens with one attached hydrogen (secondary N) is 1. The van der Waals surface area contributed by atoms with Gasteiger partial charge in [0.15, 0.2) is 0 Å². The second-order valence-electron chi connectivity index (χ2n) is 4.14. The van der Waals surface area contributed by atoms with Crippen LogP contribution in [0.15, 0.2) is 18.2 Å². The van der Waals surface area contributed by atoms with Crippen molar-refractivity contribution in [2.45, 2.75) is 13.8 Å². The van der Waals surface area contributed by atoms with Gasteiger partial charge < -0.3 is 10.8 Å². The third-order valence-electron chi connectivity index (χ3n) is 2.81. The van der Waals surface area contributed by atoms with Gasteiger partial charge in [0.25, 0.3) is 0 Å². The van der Waals surface area contributed by atoms with Crippen LogP contribution in [0, 0.1) is 19.3 Å². The van der Waals surface area contributed by atoms with E-state index in [4.69, 9.17) is 16.2 Å². The van der Waals surface area contributed by atoms with Crippen molar-refractivity contribution >= 4 is 28.7 Å². The molecule has 2 aromatic rings. The summed E-state index contributed by atoms with van der Waals surface area (Å²) in [5.41, 5.74) is 7.73. The van der Waals surface area contributed by atoms with Gasteiger partial charge in [-0.2, -0.15) is 0 Å². The van der Waals surface area contributed by atoms with Crippen molar-refractivity contribution in [3.63, 3.8) is 0 Å². The molecule has 0 atom stereocenters. The average Bonchev–Trinajstić information content (AvgIpc) is 2.69. The molecule has 0 amide bonds. The Morgan fingerprint density at radius 1 is 1.42 bits per heavy atom. The second kappa shape index (κ2) is 4.81. The minimum atomic E-state index is -1.04. The first kappa shape index (κ1) is 13.2. The molecule has 0 saturated heterocycles. The first-order valence-electron chi connectivity index (χ1n) is 5.56. The maximum atomic E-state index is 11.0. The Bertz CT molecular complexity index is 657. The van der Waals surface area contributed by atoms with Gasteiger partial charge in [-0.15, -0.1) is 11.3 Å². The number of thiazole rings is 1. The largest absolute Gasteiger partial charge is 0.478 e. The Morgan fingerprint density at radius 3 is 2.63 bits per heavy atom. The van der Waals surface area contributed by atoms with Crippen LogP contribution in [0.25, 0.3) is 0 Å². The smallest absolute Gasteiger partial charge is 0.335 e. The molecule has 4 N–H and O–H groups in total. The Balaban J connectivity index is 2.49. The van der Waals surface area contributed by atoms with Gasteiger partial charge in [-0.1, -0.05) is 0 Å². The van der Waals surface area contributed by atoms with Crippen LogP contribution in [0.5, 0.6) is 0 Å². The van der Waals surface area contributed by atoms with E-state index in [1.165, 1.54) is 29.5 Å². The number of nitrogen functional groups attached to an aromatic ring is 1. The molecule has 1 aromatic carbocycles. The maximum absolute atomic E-state index is 11.0. The number of carboxylic acids is 1. The first-order chi connectivity index (χ1) is 8.90. The van der Waals surface area contributed by atoms with E-state index in [1.807, 2.05) is 13.8 Å². The molecule has 0 aliphatic heterocycles. The van der Waals surface area contributed by atoms with Gasteiger partial charge in [0.05, 0.1) is 17.0 Å². The number of aromatic carboxylic acids is 1. The van der Waals surface area contributed by atoms with Crippen molar-refractivity contribution < 1.29 is 9.90 Å². The molecule has 0 bridgehead atoms. The summed E-state index contributed by atoms with van der Waals surface area (Å²) >= 11 is 1.40. The van der Waals surface area contributed by atoms with E-state index in [0.29, 0.717) is 16.3 Å². The number of carbonyl (C=O) groups is 1. The molecule has 2 rings (SSSR count). The Morgan fingerprint density at radius 2 is 2.11 bits per heavy atom. The van der Waals surface area contributed by atoms with E-state index in [1.54, 1.807) is 0 Å². The first-order valence-corrected chi connectivity index (χ1v) is 6.38. The lowest BCUT2D eigenvalue weighted by Gasteiger charge is -2.06. The number of nitrogens with zero attached hydrogens (tertiary/aromatic N) is 1. The van der Waals surface area contributed by atoms with Crippen LogP contribution in [0.2, 0.25) is 0 Å². The predicted octanol–water partition coefficient (Wildman–Crippen LogP) is 2.46. The van der Waals surface area contributed by atoms with Crippen LogP contribution in [0.3, 0.4) is 0 Å². The third kappa shape index (κ3) is 2.48. The molecular formula is C13H13N3O2S. The molecule has 1 heterocycles. The Hall–Kier alpha value is -2.21. The van der Waals surface area contributed by atoms with E-state index in [9.17, 15) is 4.79 Å². The lowest BCUT2D eigenvalue weighted by molar-refractivity contribution is 0.0697. The number of aryl methyl sites for hydroxylation is 2. The van der Waals surface area contributed by atoms with Crippen molar-refractivity contribution in [2.75, 3.05) is 5.73 Å². The van der Waals surface area contributed by atoms with Gasteiger partial charge in [-0.3, -0.25) is 5.41 Å². The SMILES string of the molecule is Cc1nc(C(=N)c2cc(C(=O)O)ccc2N)sc1C. The molecule has 1 aromatic heterocycles. The molecule has 0 saturated carbocycles. The fourth-order valence-corrected chi connectivity index (χ4v) is 2.48. The highest BCUT2D eigenvalue weighted by Gasteiger charge is 2.15. The topological polar surface area (TPSA) is 100 Å². The summed E-state index contributed by atoms with van der Waals surface area (Å²) in [6, 6.07) is 4.33. The fraction of sp³-hybridized carbons (Fsp3) is 0.154. The van der Waals surface area contributed by atoms with Gasteiger partial charge in [0.1, 0.15) is 5.01 Å². The van der Waals surface area contributed by atoms with E-state index in [2.05, 4.69) is 4.98 Å². The summed E-state index contributed by atoms with van der Waals surface area (Å²) in [5.74, 6) is -1.04. The van der Waals surface area contributed by atoms with Crippen molar-refractivity contribution in [3.8, 4) is 0 Å². The van der Waals surface area contributed by atoms with Crippen LogP contribution in [0.1, 0.15) is 31.5 Å². The summed E-state index contributed by atoms with van der Waals surface area (Å²) in [4.78, 5) is 16.3. The van der Waals surface area contributed by atoms with Gasteiger partial charge >= 0.3 is 5.97 Å². The van der Waals surface area contributed by atoms with E-state index >= 15 is 0 Å². The van der Waals surface area contributed by atoms with Gasteiger partial charge in [-0.25, -0.2) is 9.78 Å². The molecule has 0 aliphatic carbocycles. The molecule has 0 aliphatic rings. The summed E-state index contributed by atoms with van der Waals surface area (Å²) in [6.07, 6.45) is 0. The number of carboxylic acid groups (broad SMARTS) is 1. The van der Waals surface area contributed by atoms with Crippen molar-refractivity contribution in [3.05, 3.63) is 44.9 Å². The van der Waals surface area contributed by atoms with Gasteiger partial charge in [-0.05, 0) is 32.0 Å². The monoisotopic (exact) mass is 275 g/mol. The highest BCUT2D eigenvalue weighted by molar-refractivity contribution is 7.13. The van der Waals surface area contributed by atoms with Crippen LogP contribution >= 0.6 is 11.3 Å². The van der Waals surface area contributed by atoms with E-state index < -0.39 is 5.97 Å². The summed E-state index contributed by atoms with van der Waals surface area (Å²) in [6.45, 7) is 3.81. The number of nitrogens with two attached hydrogens (primary N) is 1. The highest BCUT2D eigenvalue weighted by atomic mass is 32.1. The molecule has 0 fully saturated rings. The summed E-state index contributed by atoms with van der Waals surface area (Å²) in [7, 11) is 0. The quantitative estimate of drug-likeness (QED) is 0.591. The van der Waals surface area contributed by atoms with Gasteiger partial charge in [0.2, 0.25) is 0 Å². The number of hydrogen-bond acceptors (Lipinski definition) is 5. The number of anilines is 1. The third-order valence-corrected chi connectivity index (χ3v) is 3.90. The fourth-order valence-electron chi connectivity index (χ4n) is 1.60. The zero-order valence-corrected chi connectivity index (χ0v) is 11.3. The van der Waals surface area contributed by atoms with Crippen molar-refractivity contribution in [1.82, 2.24) is 4.98 Å². The number of aromatic nitrogens is 1. The van der Waals surface area contributed by atoms with E-state index in [-0.39, 0.29) is 11.3 Å². The zero-order chi connectivity index (χ0) is 14.2. The van der Waals surface area contributed by atoms with Crippen molar-refractivity contribution in [2.24, 2.45) is 0 Å². The molecule has 5 nitrogen and oxygen atoms in total. The molecule has 0 radical (unpaired) electrons. The lowest BCUT2D eigenvalue weighted by Crippen LogP contribution is -2.08. The normalized spacial score (nSPS) is 10.4. The molecule has 19 heavy (non-hydrogen) atoms. The Kier molecular flexibility index (Phi) is 3.35. The standard InChI is InChI=1S/C13H13N3O2S/c1-6-7(2)19-12(16-6)11(15)9-5-8(13(17)18)3-4-10(9)14/h3-5,15H,14H2,1-2H3,(H,17,18). The molecular weight excluding hydrogens is 262 g/mol. The summed E-state index contributed by atoms with van der Waals surface area (Å²) in [5, 5.41) is 17.7. The minimum absolute atomic E-state index is 0.110. The van der Waals surface area contributed by atoms with Crippen LogP contribution in [-0.2, 0) is 0 Å². The molecule has 98 valence electrons. The van der Waals surface area contributed by atoms with Crippen LogP contribution in [0.4, 0.5) is 5.69 Å². The molecule has 0 spiro atoms. The predicted molar refractivity (Wildman–Crippen MR) is 75.3 cm³/mol. The zero-order valence-electron chi connectivity index (χ0n) is 10.5. The van der Waals surface area contributed by atoms with Crippen LogP contribution in [-0.4, -0.2) is 21.8 Å². The number of benzene rings is 1. The number of hydrogen-bond donors (Lipinski definition) is 3. The Labute approximate surface area is 114 Å². The second-order valence-corrected chi connectivity index (χ2v) is 5.35. The average molecular weight is 275 g/mol. The maximum Gasteiger partial charge on any atom is 0.335 e. The highest BCUT2D eigenvalue weighted by Crippen LogP contribution is 2.23. The molecule has 6 heteroatoms. The molecule has 0 unspecified atom stereocenters. The lowest BCUT2D eigenvalue weighted by atomic mass is 10.0. The van der Waals surface area contributed by atoms with Crippen LogP contribution < -0.4 is 5.73 Å². The van der Waals surface area contributed by atoms with Crippen molar-refractivity contribution in [1.29, 1.82) is 5.41 Å².